The number of benzene rings is 1. The number of aromatic nitrogens is 1. The molecule has 0 saturated heterocycles. The molecule has 2 aromatic rings. The highest BCUT2D eigenvalue weighted by Gasteiger charge is 1.98. The third-order valence-corrected chi connectivity index (χ3v) is 2.81. The highest BCUT2D eigenvalue weighted by Crippen LogP contribution is 2.16. The second-order valence-electron chi connectivity index (χ2n) is 3.29. The van der Waals surface area contributed by atoms with Crippen LogP contribution in [-0.2, 0) is 6.54 Å². The zero-order chi connectivity index (χ0) is 11.9. The molecule has 0 aliphatic rings. The van der Waals surface area contributed by atoms with E-state index in [0.717, 1.165) is 10.7 Å². The van der Waals surface area contributed by atoms with Crippen LogP contribution in [0, 0.1) is 11.3 Å². The van der Waals surface area contributed by atoms with Gasteiger partial charge >= 0.3 is 0 Å². The first kappa shape index (κ1) is 11.4. The van der Waals surface area contributed by atoms with Gasteiger partial charge in [-0.15, -0.1) is 11.3 Å². The van der Waals surface area contributed by atoms with Crippen LogP contribution in [0.2, 0.25) is 0 Å². The lowest BCUT2D eigenvalue weighted by molar-refractivity contribution is 0.368. The van der Waals surface area contributed by atoms with Crippen molar-refractivity contribution in [3.05, 3.63) is 41.4 Å². The Morgan fingerprint density at radius 1 is 1.47 bits per heavy atom. The van der Waals surface area contributed by atoms with E-state index >= 15 is 0 Å². The Labute approximate surface area is 103 Å². The third-order valence-electron chi connectivity index (χ3n) is 2.08. The molecule has 0 spiro atoms. The number of rotatable bonds is 5. The maximum absolute atomic E-state index is 8.43. The molecule has 86 valence electrons. The summed E-state index contributed by atoms with van der Waals surface area (Å²) < 4.78 is 5.23. The summed E-state index contributed by atoms with van der Waals surface area (Å²) >= 11 is 1.56. The number of hydrogen-bond donors (Lipinski definition) is 1. The highest BCUT2D eigenvalue weighted by molar-refractivity contribution is 7.13. The van der Waals surface area contributed by atoms with E-state index in [4.69, 9.17) is 10.00 Å². The second kappa shape index (κ2) is 5.87. The molecule has 2 rings (SSSR count). The Bertz CT molecular complexity index is 505. The molecule has 0 aliphatic carbocycles. The fourth-order valence-electron chi connectivity index (χ4n) is 1.35. The van der Waals surface area contributed by atoms with E-state index < -0.39 is 0 Å². The number of nitriles is 1. The fourth-order valence-corrected chi connectivity index (χ4v) is 1.88. The van der Waals surface area contributed by atoms with Crippen LogP contribution in [-0.4, -0.2) is 11.6 Å². The molecule has 1 N–H and O–H groups in total. The molecule has 0 fully saturated rings. The molecule has 5 heteroatoms. The van der Waals surface area contributed by atoms with Crippen molar-refractivity contribution in [1.82, 2.24) is 4.98 Å². The molecule has 0 unspecified atom stereocenters. The van der Waals surface area contributed by atoms with Gasteiger partial charge < -0.3 is 10.1 Å². The van der Waals surface area contributed by atoms with Gasteiger partial charge in [-0.2, -0.15) is 5.26 Å². The summed E-state index contributed by atoms with van der Waals surface area (Å²) in [6.45, 7) is 0.765. The van der Waals surface area contributed by atoms with Crippen molar-refractivity contribution in [2.45, 2.75) is 6.54 Å². The van der Waals surface area contributed by atoms with Gasteiger partial charge in [-0.05, 0) is 17.7 Å². The first-order chi connectivity index (χ1) is 8.38. The molecule has 0 saturated carbocycles. The van der Waals surface area contributed by atoms with Crippen LogP contribution < -0.4 is 10.1 Å². The molecule has 0 atom stereocenters. The number of ether oxygens (including phenoxy) is 1. The SMILES string of the molecule is N#CCOc1cccc(CNc2nccs2)c1. The molecular weight excluding hydrogens is 234 g/mol. The molecule has 0 amide bonds. The molecule has 1 heterocycles. The smallest absolute Gasteiger partial charge is 0.182 e. The summed E-state index contributed by atoms with van der Waals surface area (Å²) in [6, 6.07) is 9.60. The van der Waals surface area contributed by atoms with Crippen molar-refractivity contribution in [2.75, 3.05) is 11.9 Å². The monoisotopic (exact) mass is 245 g/mol. The molecule has 17 heavy (non-hydrogen) atoms. The summed E-state index contributed by atoms with van der Waals surface area (Å²) in [5, 5.41) is 14.5. The van der Waals surface area contributed by atoms with Crippen molar-refractivity contribution in [2.24, 2.45) is 0 Å². The van der Waals surface area contributed by atoms with Crippen LogP contribution >= 0.6 is 11.3 Å². The summed E-state index contributed by atoms with van der Waals surface area (Å²) in [4.78, 5) is 4.14. The molecule has 0 bridgehead atoms. The van der Waals surface area contributed by atoms with Gasteiger partial charge in [0, 0.05) is 18.1 Å². The molecule has 4 nitrogen and oxygen atoms in total. The summed E-state index contributed by atoms with van der Waals surface area (Å²) in [7, 11) is 0. The average molecular weight is 245 g/mol. The molecular formula is C12H11N3OS. The number of thiazole rings is 1. The van der Waals surface area contributed by atoms with E-state index in [0.29, 0.717) is 12.3 Å². The lowest BCUT2D eigenvalue weighted by atomic mass is 10.2. The van der Waals surface area contributed by atoms with Gasteiger partial charge in [0.15, 0.2) is 11.7 Å². The van der Waals surface area contributed by atoms with Gasteiger partial charge in [-0.3, -0.25) is 0 Å². The Hall–Kier alpha value is -2.06. The van der Waals surface area contributed by atoms with E-state index in [1.165, 1.54) is 0 Å². The van der Waals surface area contributed by atoms with E-state index in [1.807, 2.05) is 35.7 Å². The van der Waals surface area contributed by atoms with Crippen molar-refractivity contribution in [3.63, 3.8) is 0 Å². The molecule has 0 aliphatic heterocycles. The summed E-state index contributed by atoms with van der Waals surface area (Å²) in [5.41, 5.74) is 1.09. The van der Waals surface area contributed by atoms with Gasteiger partial charge in [-0.1, -0.05) is 12.1 Å². The Morgan fingerprint density at radius 2 is 2.41 bits per heavy atom. The lowest BCUT2D eigenvalue weighted by Gasteiger charge is -2.05. The van der Waals surface area contributed by atoms with Gasteiger partial charge in [-0.25, -0.2) is 4.98 Å². The number of hydrogen-bond acceptors (Lipinski definition) is 5. The van der Waals surface area contributed by atoms with Crippen LogP contribution in [0.1, 0.15) is 5.56 Å². The normalized spacial score (nSPS) is 9.59. The lowest BCUT2D eigenvalue weighted by Crippen LogP contribution is -2.00. The van der Waals surface area contributed by atoms with Crippen molar-refractivity contribution >= 4 is 16.5 Å². The number of nitrogens with one attached hydrogen (secondary N) is 1. The maximum atomic E-state index is 8.43. The van der Waals surface area contributed by atoms with E-state index in [-0.39, 0.29) is 6.61 Å². The standard InChI is InChI=1S/C12H11N3OS/c13-4-6-16-11-3-1-2-10(8-11)9-15-12-14-5-7-17-12/h1-3,5,7-8H,6,9H2,(H,14,15). The minimum absolute atomic E-state index is 0.0728. The zero-order valence-corrected chi connectivity index (χ0v) is 9.91. The van der Waals surface area contributed by atoms with E-state index in [9.17, 15) is 0 Å². The van der Waals surface area contributed by atoms with E-state index in [1.54, 1.807) is 17.5 Å². The number of nitrogens with zero attached hydrogens (tertiary/aromatic N) is 2. The summed E-state index contributed by atoms with van der Waals surface area (Å²) in [5.74, 6) is 0.713. The predicted molar refractivity (Wildman–Crippen MR) is 67.0 cm³/mol. The third kappa shape index (κ3) is 3.47. The molecule has 1 aromatic carbocycles. The minimum atomic E-state index is 0.0728. The van der Waals surface area contributed by atoms with Gasteiger partial charge in [0.05, 0.1) is 0 Å². The van der Waals surface area contributed by atoms with E-state index in [2.05, 4.69) is 10.3 Å². The average Bonchev–Trinajstić information content (AvgIpc) is 2.87. The van der Waals surface area contributed by atoms with Gasteiger partial charge in [0.1, 0.15) is 11.8 Å². The van der Waals surface area contributed by atoms with Crippen LogP contribution in [0.5, 0.6) is 5.75 Å². The topological polar surface area (TPSA) is 57.9 Å². The van der Waals surface area contributed by atoms with Crippen molar-refractivity contribution in [1.29, 1.82) is 5.26 Å². The van der Waals surface area contributed by atoms with Crippen LogP contribution in [0.3, 0.4) is 0 Å². The zero-order valence-electron chi connectivity index (χ0n) is 9.09. The van der Waals surface area contributed by atoms with Crippen molar-refractivity contribution < 1.29 is 4.74 Å². The Morgan fingerprint density at radius 3 is 3.18 bits per heavy atom. The molecule has 1 aromatic heterocycles. The van der Waals surface area contributed by atoms with Gasteiger partial charge in [0.2, 0.25) is 0 Å². The highest BCUT2D eigenvalue weighted by atomic mass is 32.1. The second-order valence-corrected chi connectivity index (χ2v) is 4.18. The largest absolute Gasteiger partial charge is 0.479 e. The maximum Gasteiger partial charge on any atom is 0.182 e. The van der Waals surface area contributed by atoms with Gasteiger partial charge in [0.25, 0.3) is 0 Å². The van der Waals surface area contributed by atoms with Crippen LogP contribution in [0.15, 0.2) is 35.8 Å². The fraction of sp³-hybridized carbons (Fsp3) is 0.167. The molecule has 0 radical (unpaired) electrons. The summed E-state index contributed by atoms with van der Waals surface area (Å²) in [6.07, 6.45) is 1.76. The predicted octanol–water partition coefficient (Wildman–Crippen LogP) is 2.66. The Kier molecular flexibility index (Phi) is 3.95. The Balaban J connectivity index is 1.94. The van der Waals surface area contributed by atoms with Crippen molar-refractivity contribution in [3.8, 4) is 11.8 Å². The number of anilines is 1. The van der Waals surface area contributed by atoms with Crippen LogP contribution in [0.4, 0.5) is 5.13 Å². The first-order valence-corrected chi connectivity index (χ1v) is 5.98. The first-order valence-electron chi connectivity index (χ1n) is 5.10. The minimum Gasteiger partial charge on any atom is -0.479 e. The van der Waals surface area contributed by atoms with Crippen LogP contribution in [0.25, 0.3) is 0 Å². The quantitative estimate of drug-likeness (QED) is 0.879.